The summed E-state index contributed by atoms with van der Waals surface area (Å²) in [6.07, 6.45) is 1.83. The zero-order valence-electron chi connectivity index (χ0n) is 14.8. The molecule has 0 saturated carbocycles. The lowest BCUT2D eigenvalue weighted by molar-refractivity contribution is 0.0698. The fourth-order valence-corrected chi connectivity index (χ4v) is 7.14. The van der Waals surface area contributed by atoms with Gasteiger partial charge in [-0.05, 0) is 35.8 Å². The molecular formula is C19H22N2O4S2. The van der Waals surface area contributed by atoms with Crippen LogP contribution in [0.15, 0.2) is 46.7 Å². The Kier molecular flexibility index (Phi) is 5.07. The molecule has 3 aliphatic heterocycles. The van der Waals surface area contributed by atoms with Crippen molar-refractivity contribution in [1.82, 2.24) is 9.21 Å². The van der Waals surface area contributed by atoms with E-state index in [9.17, 15) is 18.3 Å². The van der Waals surface area contributed by atoms with E-state index in [1.807, 2.05) is 18.2 Å². The van der Waals surface area contributed by atoms with E-state index in [1.54, 1.807) is 4.31 Å². The summed E-state index contributed by atoms with van der Waals surface area (Å²) >= 11 is 0.960. The molecule has 1 aromatic carbocycles. The molecule has 0 unspecified atom stereocenters. The molecule has 0 spiro atoms. The lowest BCUT2D eigenvalue weighted by Crippen LogP contribution is -2.47. The highest BCUT2D eigenvalue weighted by Crippen LogP contribution is 2.35. The van der Waals surface area contributed by atoms with Crippen LogP contribution in [0.5, 0.6) is 0 Å². The average Bonchev–Trinajstić information content (AvgIpc) is 3.00. The van der Waals surface area contributed by atoms with Crippen LogP contribution in [0.3, 0.4) is 0 Å². The third-order valence-electron chi connectivity index (χ3n) is 5.40. The van der Waals surface area contributed by atoms with Gasteiger partial charge in [0.1, 0.15) is 9.77 Å². The van der Waals surface area contributed by atoms with Crippen LogP contribution in [0.25, 0.3) is 0 Å². The molecule has 5 rings (SSSR count). The molecule has 0 aliphatic carbocycles. The van der Waals surface area contributed by atoms with Crippen LogP contribution in [0, 0.1) is 5.92 Å². The number of benzene rings is 1. The Labute approximate surface area is 163 Å². The SMILES string of the molecule is O=C(O)c1sccc1S(=O)(=O)N1C[C@@H]2CC[C@H]1CN(Cc1ccccc1)C2. The van der Waals surface area contributed by atoms with Gasteiger partial charge in [0.05, 0.1) is 0 Å². The molecule has 4 heterocycles. The molecule has 8 heteroatoms. The topological polar surface area (TPSA) is 77.9 Å². The number of carbonyl (C=O) groups is 1. The number of nitrogens with zero attached hydrogens (tertiary/aromatic N) is 2. The second-order valence-electron chi connectivity index (χ2n) is 7.27. The summed E-state index contributed by atoms with van der Waals surface area (Å²) in [4.78, 5) is 13.6. The number of piperidine rings is 1. The average molecular weight is 407 g/mol. The van der Waals surface area contributed by atoms with Gasteiger partial charge in [0.2, 0.25) is 10.0 Å². The van der Waals surface area contributed by atoms with Gasteiger partial charge in [0, 0.05) is 32.2 Å². The van der Waals surface area contributed by atoms with Crippen molar-refractivity contribution in [3.8, 4) is 0 Å². The van der Waals surface area contributed by atoms with Crippen LogP contribution >= 0.6 is 11.3 Å². The predicted octanol–water partition coefficient (Wildman–Crippen LogP) is 2.73. The third-order valence-corrected chi connectivity index (χ3v) is 8.39. The first-order chi connectivity index (χ1) is 12.9. The van der Waals surface area contributed by atoms with Gasteiger partial charge in [0.15, 0.2) is 0 Å². The lowest BCUT2D eigenvalue weighted by atomic mass is 9.97. The first kappa shape index (κ1) is 18.6. The predicted molar refractivity (Wildman–Crippen MR) is 103 cm³/mol. The summed E-state index contributed by atoms with van der Waals surface area (Å²) in [5, 5.41) is 10.9. The van der Waals surface area contributed by atoms with Crippen molar-refractivity contribution < 1.29 is 18.3 Å². The molecule has 27 heavy (non-hydrogen) atoms. The number of sulfonamides is 1. The second kappa shape index (κ2) is 7.35. The van der Waals surface area contributed by atoms with Gasteiger partial charge in [-0.15, -0.1) is 11.3 Å². The van der Waals surface area contributed by atoms with Crippen molar-refractivity contribution >= 4 is 27.3 Å². The molecule has 0 amide bonds. The molecule has 3 fully saturated rings. The van der Waals surface area contributed by atoms with E-state index in [0.717, 1.165) is 37.3 Å². The maximum Gasteiger partial charge on any atom is 0.347 e. The molecule has 2 atom stereocenters. The molecule has 1 N–H and O–H groups in total. The zero-order chi connectivity index (χ0) is 19.0. The van der Waals surface area contributed by atoms with Gasteiger partial charge in [0.25, 0.3) is 0 Å². The van der Waals surface area contributed by atoms with Gasteiger partial charge in [-0.2, -0.15) is 4.31 Å². The maximum atomic E-state index is 13.2. The Balaban J connectivity index is 1.59. The largest absolute Gasteiger partial charge is 0.477 e. The fraction of sp³-hybridized carbons (Fsp3) is 0.421. The number of hydrogen-bond donors (Lipinski definition) is 1. The minimum absolute atomic E-state index is 0.0674. The molecule has 6 nitrogen and oxygen atoms in total. The summed E-state index contributed by atoms with van der Waals surface area (Å²) in [5.41, 5.74) is 1.22. The minimum atomic E-state index is -3.81. The first-order valence-electron chi connectivity index (χ1n) is 9.04. The molecule has 3 aliphatic rings. The zero-order valence-corrected chi connectivity index (χ0v) is 16.5. The highest BCUT2D eigenvalue weighted by Gasteiger charge is 2.42. The highest BCUT2D eigenvalue weighted by molar-refractivity contribution is 7.89. The first-order valence-corrected chi connectivity index (χ1v) is 11.4. The molecule has 2 bridgehead atoms. The molecular weight excluding hydrogens is 384 g/mol. The molecule has 1 aromatic heterocycles. The number of hydrogen-bond acceptors (Lipinski definition) is 5. The number of rotatable bonds is 5. The Morgan fingerprint density at radius 3 is 2.63 bits per heavy atom. The standard InChI is InChI=1S/C19H22N2O4S2/c22-19(23)18-17(8-9-26-18)27(24,25)21-12-15-6-7-16(21)13-20(11-15)10-14-4-2-1-3-5-14/h1-5,8-9,15-16H,6-7,10-13H2,(H,22,23)/t15-,16+/m1/s1. The number of fused-ring (bicyclic) bond motifs is 4. The smallest absolute Gasteiger partial charge is 0.347 e. The van der Waals surface area contributed by atoms with E-state index >= 15 is 0 Å². The van der Waals surface area contributed by atoms with Crippen molar-refractivity contribution in [1.29, 1.82) is 0 Å². The Bertz CT molecular complexity index is 926. The summed E-state index contributed by atoms with van der Waals surface area (Å²) in [6, 6.07) is 11.5. The van der Waals surface area contributed by atoms with Crippen LogP contribution in [0.2, 0.25) is 0 Å². The van der Waals surface area contributed by atoms with Crippen molar-refractivity contribution in [2.75, 3.05) is 19.6 Å². The van der Waals surface area contributed by atoms with E-state index in [4.69, 9.17) is 0 Å². The van der Waals surface area contributed by atoms with Crippen LogP contribution < -0.4 is 0 Å². The number of carboxylic acids is 1. The molecule has 144 valence electrons. The summed E-state index contributed by atoms with van der Waals surface area (Å²) in [7, 11) is -3.81. The number of carboxylic acid groups (broad SMARTS) is 1. The van der Waals surface area contributed by atoms with Crippen LogP contribution in [-0.2, 0) is 16.6 Å². The molecule has 0 radical (unpaired) electrons. The summed E-state index contributed by atoms with van der Waals surface area (Å²) in [6.45, 7) is 2.82. The van der Waals surface area contributed by atoms with Gasteiger partial charge in [-0.1, -0.05) is 30.3 Å². The normalized spacial score (nSPS) is 24.0. The highest BCUT2D eigenvalue weighted by atomic mass is 32.2. The lowest BCUT2D eigenvalue weighted by Gasteiger charge is -2.35. The van der Waals surface area contributed by atoms with Crippen molar-refractivity contribution in [3.63, 3.8) is 0 Å². The fourth-order valence-electron chi connectivity index (χ4n) is 4.18. The van der Waals surface area contributed by atoms with Crippen molar-refractivity contribution in [3.05, 3.63) is 52.2 Å². The Morgan fingerprint density at radius 1 is 1.11 bits per heavy atom. The third kappa shape index (κ3) is 3.67. The van der Waals surface area contributed by atoms with Crippen LogP contribution in [0.1, 0.15) is 28.1 Å². The molecule has 2 aromatic rings. The van der Waals surface area contributed by atoms with E-state index in [2.05, 4.69) is 17.0 Å². The van der Waals surface area contributed by atoms with Gasteiger partial charge < -0.3 is 5.11 Å². The summed E-state index contributed by atoms with van der Waals surface area (Å²) < 4.78 is 28.0. The van der Waals surface area contributed by atoms with Crippen molar-refractivity contribution in [2.24, 2.45) is 5.92 Å². The van der Waals surface area contributed by atoms with Gasteiger partial charge >= 0.3 is 5.97 Å². The minimum Gasteiger partial charge on any atom is -0.477 e. The van der Waals surface area contributed by atoms with E-state index in [0.29, 0.717) is 13.1 Å². The van der Waals surface area contributed by atoms with E-state index in [-0.39, 0.29) is 21.7 Å². The van der Waals surface area contributed by atoms with Crippen LogP contribution in [-0.4, -0.2) is 54.4 Å². The quantitative estimate of drug-likeness (QED) is 0.826. The Hall–Kier alpha value is -1.74. The number of aromatic carboxylic acids is 1. The van der Waals surface area contributed by atoms with Gasteiger partial charge in [-0.25, -0.2) is 13.2 Å². The van der Waals surface area contributed by atoms with Crippen molar-refractivity contribution in [2.45, 2.75) is 30.3 Å². The van der Waals surface area contributed by atoms with E-state index in [1.165, 1.54) is 17.0 Å². The monoisotopic (exact) mass is 406 g/mol. The van der Waals surface area contributed by atoms with Crippen LogP contribution in [0.4, 0.5) is 0 Å². The molecule has 3 saturated heterocycles. The van der Waals surface area contributed by atoms with Gasteiger partial charge in [-0.3, -0.25) is 4.90 Å². The van der Waals surface area contributed by atoms with E-state index < -0.39 is 16.0 Å². The second-order valence-corrected chi connectivity index (χ2v) is 10.0. The maximum absolute atomic E-state index is 13.2. The summed E-state index contributed by atoms with van der Waals surface area (Å²) in [5.74, 6) is -0.914. The number of thiophene rings is 1. The Morgan fingerprint density at radius 2 is 1.89 bits per heavy atom.